The summed E-state index contributed by atoms with van der Waals surface area (Å²) in [5.41, 5.74) is 6.26. The van der Waals surface area contributed by atoms with E-state index in [1.165, 1.54) is 0 Å². The normalized spacial score (nSPS) is 14.7. The van der Waals surface area contributed by atoms with E-state index >= 15 is 0 Å². The van der Waals surface area contributed by atoms with Crippen LogP contribution < -0.4 is 5.73 Å². The Balaban J connectivity index is 2.18. The van der Waals surface area contributed by atoms with E-state index in [0.717, 1.165) is 0 Å². The highest BCUT2D eigenvalue weighted by atomic mass is 15.6. The summed E-state index contributed by atoms with van der Waals surface area (Å²) in [6.07, 6.45) is 0. The van der Waals surface area contributed by atoms with Crippen molar-refractivity contribution in [3.63, 3.8) is 0 Å². The highest BCUT2D eigenvalue weighted by molar-refractivity contribution is 5.95. The molecule has 0 radical (unpaired) electrons. The Morgan fingerprint density at radius 1 is 1.07 bits per heavy atom. The van der Waals surface area contributed by atoms with Crippen molar-refractivity contribution in [1.29, 1.82) is 0 Å². The number of hydrogen-bond acceptors (Lipinski definition) is 3. The van der Waals surface area contributed by atoms with Crippen LogP contribution >= 0.6 is 0 Å². The van der Waals surface area contributed by atoms with E-state index in [-0.39, 0.29) is 11.9 Å². The molecule has 1 aliphatic rings. The molecule has 74 valence electrons. The van der Waals surface area contributed by atoms with Crippen molar-refractivity contribution < 1.29 is 0 Å². The van der Waals surface area contributed by atoms with E-state index in [0.29, 0.717) is 5.69 Å². The molecule has 2 N–H and O–H groups in total. The Labute approximate surface area is 85.1 Å². The molecule has 0 spiro atoms. The van der Waals surface area contributed by atoms with Crippen molar-refractivity contribution in [2.75, 3.05) is 0 Å². The first-order chi connectivity index (χ1) is 7.34. The highest BCUT2D eigenvalue weighted by Gasteiger charge is 2.00. The maximum Gasteiger partial charge on any atom is 0.294 e. The molecule has 0 amide bonds. The quantitative estimate of drug-likeness (QED) is 0.543. The van der Waals surface area contributed by atoms with Crippen LogP contribution in [0.25, 0.3) is 0 Å². The molecular weight excluding hydrogens is 194 g/mol. The monoisotopic (exact) mass is 201 g/mol. The van der Waals surface area contributed by atoms with Crippen molar-refractivity contribution in [3.8, 4) is 0 Å². The number of nitrogens with zero attached hydrogens (tertiary/aromatic N) is 6. The van der Waals surface area contributed by atoms with Gasteiger partial charge in [0.25, 0.3) is 5.96 Å². The standard InChI is InChI=1S/C8H7N7/c9-7(11-8-12-14-15-13-8)10-6-4-2-1-3-5-6/h1-5H,(H2,9,10). The number of hydrogen-bond donors (Lipinski definition) is 1. The van der Waals surface area contributed by atoms with Crippen molar-refractivity contribution in [3.05, 3.63) is 30.3 Å². The minimum absolute atomic E-state index is 0.0657. The average Bonchev–Trinajstić information content (AvgIpc) is 2.71. The lowest BCUT2D eigenvalue weighted by atomic mass is 10.3. The van der Waals surface area contributed by atoms with E-state index in [9.17, 15) is 0 Å². The van der Waals surface area contributed by atoms with Gasteiger partial charge in [-0.3, -0.25) is 0 Å². The van der Waals surface area contributed by atoms with Gasteiger partial charge in [-0.25, -0.2) is 4.99 Å². The molecule has 0 saturated heterocycles. The van der Waals surface area contributed by atoms with Gasteiger partial charge in [0, 0.05) is 0 Å². The summed E-state index contributed by atoms with van der Waals surface area (Å²) in [7, 11) is 0. The molecule has 1 aromatic rings. The minimum Gasteiger partial charge on any atom is -0.368 e. The Bertz CT molecular complexity index is 443. The van der Waals surface area contributed by atoms with Gasteiger partial charge in [-0.2, -0.15) is 4.99 Å². The molecule has 0 aromatic heterocycles. The predicted octanol–water partition coefficient (Wildman–Crippen LogP) is 1.82. The van der Waals surface area contributed by atoms with E-state index < -0.39 is 0 Å². The van der Waals surface area contributed by atoms with Crippen molar-refractivity contribution in [1.82, 2.24) is 0 Å². The van der Waals surface area contributed by atoms with E-state index in [1.54, 1.807) is 0 Å². The fourth-order valence-electron chi connectivity index (χ4n) is 0.947. The maximum atomic E-state index is 5.54. The zero-order valence-electron chi connectivity index (χ0n) is 7.65. The van der Waals surface area contributed by atoms with Crippen LogP contribution in [0.15, 0.2) is 61.0 Å². The molecule has 7 nitrogen and oxygen atoms in total. The summed E-state index contributed by atoms with van der Waals surface area (Å²) in [5.74, 6) is 0.170. The first-order valence-electron chi connectivity index (χ1n) is 4.14. The summed E-state index contributed by atoms with van der Waals surface area (Å²) < 4.78 is 0. The summed E-state index contributed by atoms with van der Waals surface area (Å²) in [6.45, 7) is 0. The lowest BCUT2D eigenvalue weighted by Gasteiger charge is -1.93. The van der Waals surface area contributed by atoms with Gasteiger partial charge in [0.15, 0.2) is 0 Å². The van der Waals surface area contributed by atoms with Gasteiger partial charge in [0.05, 0.1) is 5.69 Å². The van der Waals surface area contributed by atoms with Crippen LogP contribution in [-0.2, 0) is 0 Å². The van der Waals surface area contributed by atoms with E-state index in [1.807, 2.05) is 30.3 Å². The van der Waals surface area contributed by atoms with Gasteiger partial charge in [0.1, 0.15) is 0 Å². The zero-order valence-corrected chi connectivity index (χ0v) is 7.65. The first kappa shape index (κ1) is 9.13. The number of aliphatic imine (C=N–C) groups is 2. The van der Waals surface area contributed by atoms with Crippen LogP contribution in [0.4, 0.5) is 5.69 Å². The summed E-state index contributed by atoms with van der Waals surface area (Å²) in [5, 5.41) is 13.5. The lowest BCUT2D eigenvalue weighted by Crippen LogP contribution is -2.09. The number of rotatable bonds is 1. The van der Waals surface area contributed by atoms with Gasteiger partial charge in [-0.15, -0.1) is 0 Å². The molecule has 15 heavy (non-hydrogen) atoms. The van der Waals surface area contributed by atoms with Crippen LogP contribution in [-0.4, -0.2) is 11.9 Å². The summed E-state index contributed by atoms with van der Waals surface area (Å²) in [4.78, 5) is 7.82. The highest BCUT2D eigenvalue weighted by Crippen LogP contribution is 2.09. The molecule has 1 heterocycles. The van der Waals surface area contributed by atoms with Gasteiger partial charge in [-0.1, -0.05) is 28.4 Å². The van der Waals surface area contributed by atoms with Crippen LogP contribution in [0.3, 0.4) is 0 Å². The van der Waals surface area contributed by atoms with Crippen molar-refractivity contribution in [2.24, 2.45) is 36.4 Å². The van der Waals surface area contributed by atoms with Gasteiger partial charge >= 0.3 is 0 Å². The van der Waals surface area contributed by atoms with E-state index in [2.05, 4.69) is 30.7 Å². The van der Waals surface area contributed by atoms with E-state index in [4.69, 9.17) is 5.73 Å². The summed E-state index contributed by atoms with van der Waals surface area (Å²) >= 11 is 0. The van der Waals surface area contributed by atoms with Gasteiger partial charge in [-0.05, 0) is 22.6 Å². The van der Waals surface area contributed by atoms with Crippen LogP contribution in [0.2, 0.25) is 0 Å². The molecule has 7 heteroatoms. The number of para-hydroxylation sites is 1. The largest absolute Gasteiger partial charge is 0.368 e. The van der Waals surface area contributed by atoms with Crippen LogP contribution in [0.5, 0.6) is 0 Å². The smallest absolute Gasteiger partial charge is 0.294 e. The molecule has 0 fully saturated rings. The van der Waals surface area contributed by atoms with Crippen molar-refractivity contribution >= 4 is 17.6 Å². The lowest BCUT2D eigenvalue weighted by molar-refractivity contribution is 1.06. The third-order valence-electron chi connectivity index (χ3n) is 1.52. The van der Waals surface area contributed by atoms with Crippen molar-refractivity contribution in [2.45, 2.75) is 0 Å². The average molecular weight is 201 g/mol. The second-order valence-electron chi connectivity index (χ2n) is 2.60. The molecule has 2 rings (SSSR count). The fourth-order valence-corrected chi connectivity index (χ4v) is 0.947. The molecule has 1 aliphatic heterocycles. The molecule has 0 bridgehead atoms. The zero-order chi connectivity index (χ0) is 10.5. The second kappa shape index (κ2) is 4.18. The Hall–Kier alpha value is -2.44. The number of benzene rings is 1. The Morgan fingerprint density at radius 2 is 1.73 bits per heavy atom. The molecular formula is C8H7N7. The molecule has 0 saturated carbocycles. The molecule has 1 aromatic carbocycles. The fraction of sp³-hybridized carbons (Fsp3) is 0. The van der Waals surface area contributed by atoms with Gasteiger partial charge in [0.2, 0.25) is 5.96 Å². The third kappa shape index (κ3) is 2.50. The SMILES string of the molecule is NC(=Nc1ccccc1)N=C1N=NN=N1. The Kier molecular flexibility index (Phi) is 2.54. The second-order valence-corrected chi connectivity index (χ2v) is 2.60. The molecule has 0 atom stereocenters. The molecule has 0 unspecified atom stereocenters. The van der Waals surface area contributed by atoms with Crippen LogP contribution in [0, 0.1) is 0 Å². The van der Waals surface area contributed by atoms with Gasteiger partial charge < -0.3 is 5.73 Å². The Morgan fingerprint density at radius 3 is 2.40 bits per heavy atom. The minimum atomic E-state index is 0.0657. The topological polar surface area (TPSA) is 100 Å². The maximum absolute atomic E-state index is 5.54. The molecule has 0 aliphatic carbocycles. The predicted molar refractivity (Wildman–Crippen MR) is 54.9 cm³/mol. The number of nitrogens with two attached hydrogens (primary N) is 1. The summed E-state index contributed by atoms with van der Waals surface area (Å²) in [6, 6.07) is 9.22. The first-order valence-corrected chi connectivity index (χ1v) is 4.14. The van der Waals surface area contributed by atoms with Crippen LogP contribution in [0.1, 0.15) is 0 Å². The third-order valence-corrected chi connectivity index (χ3v) is 1.52. The number of guanidine groups is 2.